The van der Waals surface area contributed by atoms with E-state index in [-0.39, 0.29) is 5.91 Å². The highest BCUT2D eigenvalue weighted by atomic mass is 16.1. The summed E-state index contributed by atoms with van der Waals surface area (Å²) >= 11 is 0. The van der Waals surface area contributed by atoms with E-state index >= 15 is 0 Å². The van der Waals surface area contributed by atoms with E-state index in [0.717, 1.165) is 19.4 Å². The van der Waals surface area contributed by atoms with Gasteiger partial charge in [0.25, 0.3) is 0 Å². The van der Waals surface area contributed by atoms with Crippen molar-refractivity contribution in [3.63, 3.8) is 0 Å². The van der Waals surface area contributed by atoms with Crippen molar-refractivity contribution in [3.8, 4) is 0 Å². The average molecular weight is 226 g/mol. The Hall–Kier alpha value is -0.570. The van der Waals surface area contributed by atoms with Crippen LogP contribution >= 0.6 is 0 Å². The molecule has 1 rings (SSSR count). The topological polar surface area (TPSA) is 32.3 Å². The minimum atomic E-state index is 0.227. The number of hydrogen-bond acceptors (Lipinski definition) is 2. The van der Waals surface area contributed by atoms with Crippen molar-refractivity contribution in [2.45, 2.75) is 58.4 Å². The summed E-state index contributed by atoms with van der Waals surface area (Å²) in [7, 11) is 0. The summed E-state index contributed by atoms with van der Waals surface area (Å²) in [5.41, 5.74) is 0. The first-order valence-electron chi connectivity index (χ1n) is 6.78. The molecular formula is C13H26N2O. The molecular weight excluding hydrogens is 200 g/mol. The fraction of sp³-hybridized carbons (Fsp3) is 0.923. The molecule has 3 heteroatoms. The van der Waals surface area contributed by atoms with E-state index in [1.807, 2.05) is 6.92 Å². The van der Waals surface area contributed by atoms with Crippen molar-refractivity contribution in [1.82, 2.24) is 10.2 Å². The van der Waals surface area contributed by atoms with Crippen LogP contribution in [0.4, 0.5) is 0 Å². The van der Waals surface area contributed by atoms with Crippen LogP contribution in [0.1, 0.15) is 52.4 Å². The van der Waals surface area contributed by atoms with Crippen molar-refractivity contribution in [3.05, 3.63) is 0 Å². The van der Waals surface area contributed by atoms with Crippen LogP contribution < -0.4 is 5.32 Å². The van der Waals surface area contributed by atoms with Gasteiger partial charge in [0.15, 0.2) is 0 Å². The molecule has 1 heterocycles. The van der Waals surface area contributed by atoms with Crippen molar-refractivity contribution in [2.24, 2.45) is 0 Å². The van der Waals surface area contributed by atoms with Gasteiger partial charge in [0, 0.05) is 19.0 Å². The Balaban J connectivity index is 2.24. The summed E-state index contributed by atoms with van der Waals surface area (Å²) in [4.78, 5) is 14.0. The number of nitrogens with one attached hydrogen (secondary N) is 1. The molecule has 0 radical (unpaired) electrons. The first kappa shape index (κ1) is 13.5. The zero-order valence-electron chi connectivity index (χ0n) is 10.8. The summed E-state index contributed by atoms with van der Waals surface area (Å²) in [6, 6.07) is 0.393. The Bertz CT molecular complexity index is 206. The largest absolute Gasteiger partial charge is 0.352 e. The molecule has 94 valence electrons. The highest BCUT2D eigenvalue weighted by Gasteiger charge is 2.20. The molecule has 0 aromatic rings. The van der Waals surface area contributed by atoms with E-state index in [1.165, 1.54) is 32.4 Å². The first-order chi connectivity index (χ1) is 7.76. The monoisotopic (exact) mass is 226 g/mol. The number of likely N-dealkylation sites (tertiary alicyclic amines) is 1. The smallest absolute Gasteiger partial charge is 0.220 e. The Morgan fingerprint density at radius 2 is 2.19 bits per heavy atom. The fourth-order valence-electron chi connectivity index (χ4n) is 2.29. The lowest BCUT2D eigenvalue weighted by Crippen LogP contribution is -2.47. The lowest BCUT2D eigenvalue weighted by Gasteiger charge is -2.33. The molecule has 1 atom stereocenters. The van der Waals surface area contributed by atoms with Crippen molar-refractivity contribution < 1.29 is 4.79 Å². The lowest BCUT2D eigenvalue weighted by molar-refractivity contribution is -0.122. The second-order valence-electron chi connectivity index (χ2n) is 4.81. The highest BCUT2D eigenvalue weighted by molar-refractivity contribution is 5.76. The summed E-state index contributed by atoms with van der Waals surface area (Å²) in [6.45, 7) is 7.73. The van der Waals surface area contributed by atoms with Gasteiger partial charge in [-0.15, -0.1) is 0 Å². The Morgan fingerprint density at radius 1 is 1.38 bits per heavy atom. The number of carbonyl (C=O) groups is 1. The molecule has 1 unspecified atom stereocenters. The molecule has 1 aliphatic heterocycles. The zero-order chi connectivity index (χ0) is 11.8. The molecule has 0 aliphatic carbocycles. The molecule has 0 aromatic heterocycles. The number of piperidine rings is 1. The summed E-state index contributed by atoms with van der Waals surface area (Å²) in [5, 5.41) is 3.15. The molecule has 1 N–H and O–H groups in total. The van der Waals surface area contributed by atoms with Gasteiger partial charge in [-0.05, 0) is 38.8 Å². The lowest BCUT2D eigenvalue weighted by atomic mass is 10.0. The minimum Gasteiger partial charge on any atom is -0.352 e. The Labute approximate surface area is 99.6 Å². The second-order valence-corrected chi connectivity index (χ2v) is 4.81. The van der Waals surface area contributed by atoms with Crippen molar-refractivity contribution in [2.75, 3.05) is 19.6 Å². The van der Waals surface area contributed by atoms with Gasteiger partial charge in [0.1, 0.15) is 0 Å². The van der Waals surface area contributed by atoms with Gasteiger partial charge in [-0.3, -0.25) is 4.79 Å². The number of carbonyl (C=O) groups excluding carboxylic acids is 1. The molecule has 1 amide bonds. The van der Waals surface area contributed by atoms with Gasteiger partial charge in [0.05, 0.1) is 0 Å². The van der Waals surface area contributed by atoms with E-state index in [9.17, 15) is 4.79 Å². The molecule has 16 heavy (non-hydrogen) atoms. The first-order valence-corrected chi connectivity index (χ1v) is 6.78. The minimum absolute atomic E-state index is 0.227. The van der Waals surface area contributed by atoms with Crippen LogP contribution in [0, 0.1) is 0 Å². The van der Waals surface area contributed by atoms with E-state index in [2.05, 4.69) is 17.1 Å². The van der Waals surface area contributed by atoms with Gasteiger partial charge in [0.2, 0.25) is 5.91 Å². The molecule has 1 aliphatic rings. The fourth-order valence-corrected chi connectivity index (χ4v) is 2.29. The maximum Gasteiger partial charge on any atom is 0.220 e. The van der Waals surface area contributed by atoms with Crippen LogP contribution in [0.2, 0.25) is 0 Å². The van der Waals surface area contributed by atoms with Crippen LogP contribution in [-0.2, 0) is 4.79 Å². The Kier molecular flexibility index (Phi) is 6.46. The van der Waals surface area contributed by atoms with E-state index in [1.54, 1.807) is 0 Å². The summed E-state index contributed by atoms with van der Waals surface area (Å²) < 4.78 is 0. The summed E-state index contributed by atoms with van der Waals surface area (Å²) in [6.07, 6.45) is 6.52. The highest BCUT2D eigenvalue weighted by Crippen LogP contribution is 2.11. The third kappa shape index (κ3) is 4.97. The third-order valence-electron chi connectivity index (χ3n) is 3.18. The van der Waals surface area contributed by atoms with Crippen LogP contribution in [-0.4, -0.2) is 36.5 Å². The van der Waals surface area contributed by atoms with Crippen molar-refractivity contribution >= 4 is 5.91 Å². The number of unbranched alkanes of at least 4 members (excludes halogenated alkanes) is 1. The quantitative estimate of drug-likeness (QED) is 0.753. The molecule has 3 nitrogen and oxygen atoms in total. The molecule has 0 spiro atoms. The number of nitrogens with zero attached hydrogens (tertiary/aromatic N) is 1. The van der Waals surface area contributed by atoms with Crippen LogP contribution in [0.3, 0.4) is 0 Å². The zero-order valence-corrected chi connectivity index (χ0v) is 10.8. The molecule has 0 saturated carbocycles. The molecule has 0 aromatic carbocycles. The second kappa shape index (κ2) is 7.66. The van der Waals surface area contributed by atoms with Crippen molar-refractivity contribution in [1.29, 1.82) is 0 Å². The average Bonchev–Trinajstić information content (AvgIpc) is 2.27. The third-order valence-corrected chi connectivity index (χ3v) is 3.18. The van der Waals surface area contributed by atoms with Crippen LogP contribution in [0.5, 0.6) is 0 Å². The number of amides is 1. The number of rotatable bonds is 6. The van der Waals surface area contributed by atoms with E-state index in [4.69, 9.17) is 0 Å². The summed E-state index contributed by atoms with van der Waals surface area (Å²) in [5.74, 6) is 0.227. The van der Waals surface area contributed by atoms with E-state index < -0.39 is 0 Å². The van der Waals surface area contributed by atoms with Crippen LogP contribution in [0.25, 0.3) is 0 Å². The maximum absolute atomic E-state index is 11.5. The molecule has 0 bridgehead atoms. The normalized spacial score (nSPS) is 22.0. The predicted molar refractivity (Wildman–Crippen MR) is 67.4 cm³/mol. The maximum atomic E-state index is 11.5. The molecule has 1 saturated heterocycles. The standard InChI is InChI=1S/C13H26N2O/c1-3-5-9-15-10-6-8-12(11-15)14-13(16)7-4-2/h12H,3-11H2,1-2H3,(H,14,16). The Morgan fingerprint density at radius 3 is 2.88 bits per heavy atom. The SMILES string of the molecule is CCCCN1CCCC(NC(=O)CCC)C1. The van der Waals surface area contributed by atoms with Gasteiger partial charge in [-0.1, -0.05) is 20.3 Å². The van der Waals surface area contributed by atoms with Gasteiger partial charge < -0.3 is 10.2 Å². The van der Waals surface area contributed by atoms with Gasteiger partial charge in [-0.25, -0.2) is 0 Å². The van der Waals surface area contributed by atoms with E-state index in [0.29, 0.717) is 12.5 Å². The number of hydrogen-bond donors (Lipinski definition) is 1. The van der Waals surface area contributed by atoms with Gasteiger partial charge in [-0.2, -0.15) is 0 Å². The molecule has 1 fully saturated rings. The van der Waals surface area contributed by atoms with Gasteiger partial charge >= 0.3 is 0 Å². The predicted octanol–water partition coefficient (Wildman–Crippen LogP) is 2.17. The van der Waals surface area contributed by atoms with Crippen LogP contribution in [0.15, 0.2) is 0 Å².